The third-order valence-corrected chi connectivity index (χ3v) is 3.36. The first-order chi connectivity index (χ1) is 13.5. The lowest BCUT2D eigenvalue weighted by atomic mass is 10.1. The summed E-state index contributed by atoms with van der Waals surface area (Å²) < 4.78 is 82.7. The van der Waals surface area contributed by atoms with Crippen LogP contribution in [0.15, 0.2) is 33.3 Å². The summed E-state index contributed by atoms with van der Waals surface area (Å²) >= 11 is 0. The van der Waals surface area contributed by atoms with Gasteiger partial charge in [-0.15, -0.1) is 0 Å². The number of benzene rings is 1. The van der Waals surface area contributed by atoms with Crippen molar-refractivity contribution in [3.05, 3.63) is 47.4 Å². The molecule has 1 amide bonds. The summed E-state index contributed by atoms with van der Waals surface area (Å²) in [6.07, 6.45) is -9.31. The predicted molar refractivity (Wildman–Crippen MR) is 80.2 cm³/mol. The molecule has 1 N–H and O–H groups in total. The van der Waals surface area contributed by atoms with Crippen LogP contribution in [0.1, 0.15) is 28.0 Å². The number of aromatic nitrogens is 4. The number of rotatable bonds is 5. The number of amides is 1. The molecule has 0 aliphatic heterocycles. The van der Waals surface area contributed by atoms with E-state index in [4.69, 9.17) is 4.52 Å². The number of alkyl halides is 6. The van der Waals surface area contributed by atoms with Crippen LogP contribution < -0.4 is 5.32 Å². The molecule has 14 heteroatoms. The first-order valence-corrected chi connectivity index (χ1v) is 7.69. The van der Waals surface area contributed by atoms with Gasteiger partial charge >= 0.3 is 18.2 Å². The lowest BCUT2D eigenvalue weighted by Crippen LogP contribution is -2.34. The van der Waals surface area contributed by atoms with Gasteiger partial charge in [0.1, 0.15) is 6.54 Å². The summed E-state index contributed by atoms with van der Waals surface area (Å²) in [6.45, 7) is -1.54. The number of hydrogen-bond acceptors (Lipinski definition) is 7. The summed E-state index contributed by atoms with van der Waals surface area (Å²) in [5.41, 5.74) is 0.824. The van der Waals surface area contributed by atoms with Gasteiger partial charge in [-0.2, -0.15) is 36.3 Å². The zero-order chi connectivity index (χ0) is 21.2. The van der Waals surface area contributed by atoms with Crippen LogP contribution in [0.25, 0.3) is 11.4 Å². The van der Waals surface area contributed by atoms with Gasteiger partial charge in [-0.25, -0.2) is 0 Å². The number of carbonyl (C=O) groups excluding carboxylic acids is 1. The third kappa shape index (κ3) is 5.30. The fourth-order valence-electron chi connectivity index (χ4n) is 2.08. The van der Waals surface area contributed by atoms with E-state index in [0.29, 0.717) is 5.56 Å². The summed E-state index contributed by atoms with van der Waals surface area (Å²) in [5, 5.41) is 8.15. The lowest BCUT2D eigenvalue weighted by Gasteiger charge is -2.05. The Morgan fingerprint density at radius 1 is 0.966 bits per heavy atom. The van der Waals surface area contributed by atoms with E-state index in [9.17, 15) is 31.1 Å². The highest BCUT2D eigenvalue weighted by atomic mass is 19.4. The lowest BCUT2D eigenvalue weighted by molar-refractivity contribution is -0.159. The molecular formula is C15H9F6N5O3. The van der Waals surface area contributed by atoms with E-state index in [1.165, 1.54) is 24.3 Å². The Morgan fingerprint density at radius 2 is 1.66 bits per heavy atom. The van der Waals surface area contributed by atoms with Gasteiger partial charge in [0, 0.05) is 5.56 Å². The first-order valence-electron chi connectivity index (χ1n) is 7.69. The molecule has 2 aromatic heterocycles. The second-order valence-electron chi connectivity index (χ2n) is 5.60. The highest BCUT2D eigenvalue weighted by Gasteiger charge is 2.38. The maximum atomic E-state index is 12.5. The van der Waals surface area contributed by atoms with E-state index in [0.717, 1.165) is 0 Å². The number of halogens is 6. The second kappa shape index (κ2) is 7.52. The second-order valence-corrected chi connectivity index (χ2v) is 5.60. The normalized spacial score (nSPS) is 12.2. The fraction of sp³-hybridized carbons (Fsp3) is 0.267. The van der Waals surface area contributed by atoms with Crippen LogP contribution >= 0.6 is 0 Å². The molecule has 0 fully saturated rings. The summed E-state index contributed by atoms with van der Waals surface area (Å²) in [7, 11) is 0. The van der Waals surface area contributed by atoms with Crippen molar-refractivity contribution in [2.75, 3.05) is 6.54 Å². The van der Waals surface area contributed by atoms with Gasteiger partial charge in [0.25, 0.3) is 11.7 Å². The molecule has 0 unspecified atom stereocenters. The molecular weight excluding hydrogens is 412 g/mol. The monoisotopic (exact) mass is 421 g/mol. The zero-order valence-corrected chi connectivity index (χ0v) is 14.0. The van der Waals surface area contributed by atoms with Gasteiger partial charge in [0.15, 0.2) is 0 Å². The Labute approximate surface area is 156 Å². The Kier molecular flexibility index (Phi) is 5.26. The number of hydrogen-bond donors (Lipinski definition) is 1. The molecule has 0 saturated carbocycles. The molecule has 3 aromatic rings. The molecule has 0 radical (unpaired) electrons. The van der Waals surface area contributed by atoms with E-state index in [2.05, 4.69) is 24.8 Å². The maximum Gasteiger partial charge on any atom is 0.471 e. The summed E-state index contributed by atoms with van der Waals surface area (Å²) in [6, 6.07) is 5.86. The van der Waals surface area contributed by atoms with Crippen molar-refractivity contribution >= 4 is 5.91 Å². The van der Waals surface area contributed by atoms with Crippen molar-refractivity contribution in [3.8, 4) is 11.4 Å². The van der Waals surface area contributed by atoms with Crippen molar-refractivity contribution in [2.24, 2.45) is 0 Å². The van der Waals surface area contributed by atoms with Gasteiger partial charge in [0.05, 0.1) is 6.42 Å². The Balaban J connectivity index is 1.64. The van der Waals surface area contributed by atoms with E-state index in [1.807, 2.05) is 0 Å². The third-order valence-electron chi connectivity index (χ3n) is 3.36. The first kappa shape index (κ1) is 20.3. The molecule has 2 heterocycles. The number of nitrogens with zero attached hydrogens (tertiary/aromatic N) is 4. The smallest absolute Gasteiger partial charge is 0.340 e. The quantitative estimate of drug-likeness (QED) is 0.631. The van der Waals surface area contributed by atoms with E-state index in [-0.39, 0.29) is 23.7 Å². The summed E-state index contributed by atoms with van der Waals surface area (Å²) in [5.74, 6) is -3.49. The SMILES string of the molecule is O=C(NCC(F)(F)F)c1noc(Cc2ccc(-c3noc(C(F)(F)F)n3)cc2)n1. The minimum Gasteiger partial charge on any atom is -0.340 e. The average Bonchev–Trinajstić information content (AvgIpc) is 3.29. The van der Waals surface area contributed by atoms with Crippen molar-refractivity contribution in [1.29, 1.82) is 0 Å². The maximum absolute atomic E-state index is 12.5. The topological polar surface area (TPSA) is 107 Å². The fourth-order valence-corrected chi connectivity index (χ4v) is 2.08. The summed E-state index contributed by atoms with van der Waals surface area (Å²) in [4.78, 5) is 18.5. The van der Waals surface area contributed by atoms with Crippen molar-refractivity contribution < 1.29 is 40.2 Å². The molecule has 0 aliphatic rings. The Hall–Kier alpha value is -3.45. The molecule has 0 bridgehead atoms. The molecule has 8 nitrogen and oxygen atoms in total. The Bertz CT molecular complexity index is 993. The van der Waals surface area contributed by atoms with Gasteiger partial charge in [-0.3, -0.25) is 4.79 Å². The van der Waals surface area contributed by atoms with Crippen LogP contribution in [0.4, 0.5) is 26.3 Å². The van der Waals surface area contributed by atoms with Crippen LogP contribution in [-0.4, -0.2) is 38.9 Å². The largest absolute Gasteiger partial charge is 0.471 e. The molecule has 0 spiro atoms. The molecule has 0 atom stereocenters. The number of nitrogens with one attached hydrogen (secondary N) is 1. The molecule has 0 saturated heterocycles. The van der Waals surface area contributed by atoms with Gasteiger partial charge < -0.3 is 14.4 Å². The Morgan fingerprint density at radius 3 is 2.24 bits per heavy atom. The minimum atomic E-state index is -4.76. The van der Waals surface area contributed by atoms with Crippen LogP contribution in [-0.2, 0) is 12.6 Å². The number of carbonyl (C=O) groups is 1. The van der Waals surface area contributed by atoms with E-state index >= 15 is 0 Å². The molecule has 1 aromatic carbocycles. The van der Waals surface area contributed by atoms with Crippen molar-refractivity contribution in [2.45, 2.75) is 18.8 Å². The van der Waals surface area contributed by atoms with E-state index < -0.39 is 36.5 Å². The molecule has 29 heavy (non-hydrogen) atoms. The molecule has 154 valence electrons. The van der Waals surface area contributed by atoms with E-state index in [1.54, 1.807) is 5.32 Å². The molecule has 3 rings (SSSR count). The van der Waals surface area contributed by atoms with Gasteiger partial charge in [-0.05, 0) is 5.56 Å². The van der Waals surface area contributed by atoms with Gasteiger partial charge in [-0.1, -0.05) is 34.6 Å². The van der Waals surface area contributed by atoms with Crippen LogP contribution in [0, 0.1) is 0 Å². The highest BCUT2D eigenvalue weighted by Crippen LogP contribution is 2.29. The molecule has 0 aliphatic carbocycles. The standard InChI is InChI=1S/C15H9F6N5O3/c16-14(17,18)6-22-12(27)11-23-9(28-26-11)5-7-1-3-8(4-2-7)10-24-13(29-25-10)15(19,20)21/h1-4H,5-6H2,(H,22,27). The van der Waals surface area contributed by atoms with Crippen molar-refractivity contribution in [1.82, 2.24) is 25.6 Å². The zero-order valence-electron chi connectivity index (χ0n) is 14.0. The van der Waals surface area contributed by atoms with Crippen molar-refractivity contribution in [3.63, 3.8) is 0 Å². The minimum absolute atomic E-state index is 0.0277. The van der Waals surface area contributed by atoms with Gasteiger partial charge in [0.2, 0.25) is 11.7 Å². The highest BCUT2D eigenvalue weighted by molar-refractivity contribution is 5.90. The average molecular weight is 421 g/mol. The van der Waals surface area contributed by atoms with Crippen LogP contribution in [0.3, 0.4) is 0 Å². The van der Waals surface area contributed by atoms with Crippen LogP contribution in [0.5, 0.6) is 0 Å². The predicted octanol–water partition coefficient (Wildman–Crippen LogP) is 3.02. The van der Waals surface area contributed by atoms with Crippen LogP contribution in [0.2, 0.25) is 0 Å².